The second-order valence-electron chi connectivity index (χ2n) is 6.89. The van der Waals surface area contributed by atoms with Gasteiger partial charge in [0.25, 0.3) is 5.56 Å². The van der Waals surface area contributed by atoms with Gasteiger partial charge in [-0.15, -0.1) is 11.8 Å². The van der Waals surface area contributed by atoms with Crippen LogP contribution in [0.3, 0.4) is 0 Å². The second kappa shape index (κ2) is 8.08. The van der Waals surface area contributed by atoms with Gasteiger partial charge in [0.05, 0.1) is 29.7 Å². The summed E-state index contributed by atoms with van der Waals surface area (Å²) in [4.78, 5) is 32.4. The Morgan fingerprint density at radius 2 is 1.84 bits per heavy atom. The quantitative estimate of drug-likeness (QED) is 0.414. The molecule has 0 spiro atoms. The lowest BCUT2D eigenvalue weighted by molar-refractivity contribution is -0.113. The zero-order valence-electron chi connectivity index (χ0n) is 16.3. The van der Waals surface area contributed by atoms with Crippen LogP contribution in [0.5, 0.6) is 0 Å². The normalized spacial score (nSPS) is 11.1. The zero-order chi connectivity index (χ0) is 21.2. The Morgan fingerprint density at radius 3 is 2.74 bits per heavy atom. The Labute approximate surface area is 181 Å². The third-order valence-electron chi connectivity index (χ3n) is 4.87. The molecular weight excluding hydrogens is 410 g/mol. The fraction of sp³-hybridized carbons (Fsp3) is 0.0435. The van der Waals surface area contributed by atoms with Gasteiger partial charge in [-0.25, -0.2) is 9.67 Å². The molecule has 0 saturated carbocycles. The number of carbonyl (C=O) groups excluding carboxylic acids is 1. The highest BCUT2D eigenvalue weighted by molar-refractivity contribution is 8.00. The minimum atomic E-state index is -0.260. The van der Waals surface area contributed by atoms with Gasteiger partial charge in [0.1, 0.15) is 5.39 Å². The summed E-state index contributed by atoms with van der Waals surface area (Å²) < 4.78 is 1.55. The Balaban J connectivity index is 1.36. The van der Waals surface area contributed by atoms with Crippen molar-refractivity contribution < 1.29 is 4.79 Å². The highest BCUT2D eigenvalue weighted by Crippen LogP contribution is 2.25. The van der Waals surface area contributed by atoms with Crippen LogP contribution >= 0.6 is 11.8 Å². The summed E-state index contributed by atoms with van der Waals surface area (Å²) in [7, 11) is 0. The number of amides is 1. The molecule has 8 heteroatoms. The van der Waals surface area contributed by atoms with Crippen molar-refractivity contribution in [2.45, 2.75) is 4.90 Å². The van der Waals surface area contributed by atoms with Gasteiger partial charge >= 0.3 is 0 Å². The maximum absolute atomic E-state index is 12.7. The molecule has 0 aliphatic rings. The number of nitrogens with one attached hydrogen (secondary N) is 2. The van der Waals surface area contributed by atoms with Gasteiger partial charge < -0.3 is 10.3 Å². The van der Waals surface area contributed by atoms with Crippen molar-refractivity contribution in [2.75, 3.05) is 11.1 Å². The summed E-state index contributed by atoms with van der Waals surface area (Å²) in [5.74, 6) is 0.137. The number of rotatable bonds is 5. The van der Waals surface area contributed by atoms with Crippen LogP contribution in [0.2, 0.25) is 0 Å². The van der Waals surface area contributed by atoms with Crippen molar-refractivity contribution in [2.24, 2.45) is 0 Å². The molecule has 0 saturated heterocycles. The summed E-state index contributed by atoms with van der Waals surface area (Å²) in [6.07, 6.45) is 2.81. The first-order chi connectivity index (χ1) is 15.2. The van der Waals surface area contributed by atoms with Crippen LogP contribution in [0.4, 0.5) is 5.69 Å². The number of hydrogen-bond donors (Lipinski definition) is 2. The molecule has 7 nitrogen and oxygen atoms in total. The fourth-order valence-electron chi connectivity index (χ4n) is 3.39. The molecular formula is C23H17N5O2S. The van der Waals surface area contributed by atoms with Crippen molar-refractivity contribution in [3.63, 3.8) is 0 Å². The first kappa shape index (κ1) is 19.1. The average molecular weight is 427 g/mol. The number of aromatic nitrogens is 4. The van der Waals surface area contributed by atoms with Crippen LogP contribution in [-0.2, 0) is 4.79 Å². The highest BCUT2D eigenvalue weighted by atomic mass is 32.2. The van der Waals surface area contributed by atoms with Crippen LogP contribution in [-0.4, -0.2) is 31.4 Å². The van der Waals surface area contributed by atoms with Crippen LogP contribution in [0.15, 0.2) is 88.9 Å². The molecule has 0 atom stereocenters. The van der Waals surface area contributed by atoms with E-state index < -0.39 is 0 Å². The summed E-state index contributed by atoms with van der Waals surface area (Å²) >= 11 is 1.48. The standard InChI is InChI=1S/C23H17N5O2S/c29-21(13-31-17-10-9-15-5-1-2-6-16(15)11-17)27-19-7-3-4-8-20(19)28-22-18(12-26-28)23(30)25-14-24-22/h1-12,14H,13H2,(H,27,29)(H,24,25,30). The lowest BCUT2D eigenvalue weighted by atomic mass is 10.1. The van der Waals surface area contributed by atoms with Gasteiger partial charge in [-0.2, -0.15) is 5.10 Å². The van der Waals surface area contributed by atoms with Gasteiger partial charge in [-0.05, 0) is 35.0 Å². The molecule has 2 aromatic heterocycles. The molecule has 0 fully saturated rings. The van der Waals surface area contributed by atoms with Gasteiger partial charge in [0.15, 0.2) is 5.65 Å². The molecule has 31 heavy (non-hydrogen) atoms. The number of thioether (sulfide) groups is 1. The van der Waals surface area contributed by atoms with Gasteiger partial charge in [-0.1, -0.05) is 42.5 Å². The fourth-order valence-corrected chi connectivity index (χ4v) is 4.13. The van der Waals surface area contributed by atoms with Gasteiger partial charge in [0, 0.05) is 4.90 Å². The lowest BCUT2D eigenvalue weighted by Gasteiger charge is -2.11. The zero-order valence-corrected chi connectivity index (χ0v) is 17.1. The van der Waals surface area contributed by atoms with E-state index in [4.69, 9.17) is 0 Å². The number of nitrogens with zero attached hydrogens (tertiary/aromatic N) is 3. The number of benzene rings is 3. The molecule has 5 aromatic rings. The second-order valence-corrected chi connectivity index (χ2v) is 7.94. The Kier molecular flexibility index (Phi) is 4.97. The maximum atomic E-state index is 12.7. The highest BCUT2D eigenvalue weighted by Gasteiger charge is 2.14. The number of para-hydroxylation sites is 2. The number of anilines is 1. The SMILES string of the molecule is O=C(CSc1ccc2ccccc2c1)Nc1ccccc1-n1ncc2c(=O)[nH]cnc21. The van der Waals surface area contributed by atoms with E-state index in [1.165, 1.54) is 29.7 Å². The number of fused-ring (bicyclic) bond motifs is 2. The van der Waals surface area contributed by atoms with Crippen molar-refractivity contribution >= 4 is 45.2 Å². The van der Waals surface area contributed by atoms with Crippen LogP contribution in [0.1, 0.15) is 0 Å². The van der Waals surface area contributed by atoms with Crippen LogP contribution in [0.25, 0.3) is 27.5 Å². The van der Waals surface area contributed by atoms with E-state index in [2.05, 4.69) is 44.6 Å². The molecule has 0 unspecified atom stereocenters. The van der Waals surface area contributed by atoms with Crippen LogP contribution in [0, 0.1) is 0 Å². The van der Waals surface area contributed by atoms with E-state index in [1.807, 2.05) is 36.4 Å². The number of aromatic amines is 1. The maximum Gasteiger partial charge on any atom is 0.261 e. The van der Waals surface area contributed by atoms with Crippen molar-refractivity contribution in [1.29, 1.82) is 0 Å². The van der Waals surface area contributed by atoms with E-state index in [1.54, 1.807) is 10.7 Å². The minimum Gasteiger partial charge on any atom is -0.323 e. The monoisotopic (exact) mass is 427 g/mol. The minimum absolute atomic E-state index is 0.132. The number of hydrogen-bond acceptors (Lipinski definition) is 5. The third kappa shape index (κ3) is 3.80. The molecule has 0 aliphatic heterocycles. The smallest absolute Gasteiger partial charge is 0.261 e. The largest absolute Gasteiger partial charge is 0.323 e. The van der Waals surface area contributed by atoms with E-state index in [-0.39, 0.29) is 17.2 Å². The van der Waals surface area contributed by atoms with Crippen molar-refractivity contribution in [3.8, 4) is 5.69 Å². The Morgan fingerprint density at radius 1 is 1.03 bits per heavy atom. The lowest BCUT2D eigenvalue weighted by Crippen LogP contribution is -2.16. The summed E-state index contributed by atoms with van der Waals surface area (Å²) in [5.41, 5.74) is 1.40. The summed E-state index contributed by atoms with van der Waals surface area (Å²) in [6, 6.07) is 21.6. The molecule has 2 N–H and O–H groups in total. The first-order valence-corrected chi connectivity index (χ1v) is 10.6. The molecule has 0 aliphatic carbocycles. The first-order valence-electron chi connectivity index (χ1n) is 9.61. The molecule has 5 rings (SSSR count). The van der Waals surface area contributed by atoms with E-state index in [0.717, 1.165) is 10.3 Å². The Bertz CT molecular complexity index is 1470. The van der Waals surface area contributed by atoms with E-state index >= 15 is 0 Å². The molecule has 152 valence electrons. The third-order valence-corrected chi connectivity index (χ3v) is 5.86. The van der Waals surface area contributed by atoms with Gasteiger partial charge in [0.2, 0.25) is 5.91 Å². The molecule has 2 heterocycles. The van der Waals surface area contributed by atoms with Crippen molar-refractivity contribution in [1.82, 2.24) is 19.7 Å². The predicted molar refractivity (Wildman–Crippen MR) is 123 cm³/mol. The topological polar surface area (TPSA) is 92.7 Å². The Hall–Kier alpha value is -3.91. The summed E-state index contributed by atoms with van der Waals surface area (Å²) in [5, 5.41) is 9.95. The molecule has 0 radical (unpaired) electrons. The number of H-pyrrole nitrogens is 1. The van der Waals surface area contributed by atoms with E-state index in [0.29, 0.717) is 22.4 Å². The number of carbonyl (C=O) groups is 1. The van der Waals surface area contributed by atoms with Crippen molar-refractivity contribution in [3.05, 3.63) is 89.6 Å². The predicted octanol–water partition coefficient (Wildman–Crippen LogP) is 3.99. The molecule has 1 amide bonds. The summed E-state index contributed by atoms with van der Waals surface area (Å²) in [6.45, 7) is 0. The van der Waals surface area contributed by atoms with E-state index in [9.17, 15) is 9.59 Å². The van der Waals surface area contributed by atoms with Crippen LogP contribution < -0.4 is 10.9 Å². The average Bonchev–Trinajstić information content (AvgIpc) is 3.23. The van der Waals surface area contributed by atoms with Gasteiger partial charge in [-0.3, -0.25) is 9.59 Å². The molecule has 3 aromatic carbocycles. The molecule has 0 bridgehead atoms.